The second kappa shape index (κ2) is 6.94. The summed E-state index contributed by atoms with van der Waals surface area (Å²) in [6.07, 6.45) is 3.05. The van der Waals surface area contributed by atoms with Gasteiger partial charge in [-0.3, -0.25) is 4.79 Å². The Morgan fingerprint density at radius 2 is 1.42 bits per heavy atom. The molecular formula is C20H23O3P. The van der Waals surface area contributed by atoms with Gasteiger partial charge in [0.05, 0.1) is 6.61 Å². The Morgan fingerprint density at radius 3 is 1.83 bits per heavy atom. The molecule has 0 bridgehead atoms. The number of carbonyl (C=O) groups excluding carboxylic acids is 1. The predicted octanol–water partition coefficient (Wildman–Crippen LogP) is 3.88. The summed E-state index contributed by atoms with van der Waals surface area (Å²) in [5, 5.41) is 0.545. The van der Waals surface area contributed by atoms with Gasteiger partial charge in [-0.2, -0.15) is 0 Å². The minimum atomic E-state index is -3.16. The van der Waals surface area contributed by atoms with Gasteiger partial charge in [-0.1, -0.05) is 73.5 Å². The fraction of sp³-hybridized carbons (Fsp3) is 0.350. The lowest BCUT2D eigenvalue weighted by Crippen LogP contribution is -2.44. The maximum Gasteiger partial charge on any atom is 0.320 e. The van der Waals surface area contributed by atoms with Gasteiger partial charge < -0.3 is 9.30 Å². The zero-order chi connectivity index (χ0) is 17.0. The lowest BCUT2D eigenvalue weighted by Gasteiger charge is -2.36. The van der Waals surface area contributed by atoms with Crippen LogP contribution in [-0.2, 0) is 14.1 Å². The first kappa shape index (κ1) is 17.0. The van der Waals surface area contributed by atoms with E-state index in [1.807, 2.05) is 60.7 Å². The van der Waals surface area contributed by atoms with E-state index in [4.69, 9.17) is 4.74 Å². The molecule has 3 rings (SSSR count). The number of benzene rings is 2. The summed E-state index contributed by atoms with van der Waals surface area (Å²) in [5.41, 5.74) is 0. The molecule has 0 aromatic heterocycles. The monoisotopic (exact) mass is 342 g/mol. The van der Waals surface area contributed by atoms with Crippen LogP contribution >= 0.6 is 7.14 Å². The van der Waals surface area contributed by atoms with Crippen LogP contribution in [0.5, 0.6) is 0 Å². The van der Waals surface area contributed by atoms with Crippen molar-refractivity contribution in [2.75, 3.05) is 6.61 Å². The maximum atomic E-state index is 14.6. The van der Waals surface area contributed by atoms with Gasteiger partial charge in [0.15, 0.2) is 7.14 Å². The highest BCUT2D eigenvalue weighted by molar-refractivity contribution is 7.80. The maximum absolute atomic E-state index is 14.6. The van der Waals surface area contributed by atoms with Gasteiger partial charge in [0, 0.05) is 10.6 Å². The lowest BCUT2D eigenvalue weighted by molar-refractivity contribution is -0.146. The van der Waals surface area contributed by atoms with Crippen molar-refractivity contribution >= 4 is 23.7 Å². The van der Waals surface area contributed by atoms with E-state index in [1.54, 1.807) is 6.92 Å². The third-order valence-electron chi connectivity index (χ3n) is 4.93. The van der Waals surface area contributed by atoms with Crippen LogP contribution in [0, 0.1) is 0 Å². The molecule has 1 aliphatic rings. The molecule has 1 aliphatic carbocycles. The van der Waals surface area contributed by atoms with Gasteiger partial charge in [-0.05, 0) is 19.8 Å². The summed E-state index contributed by atoms with van der Waals surface area (Å²) in [5.74, 6) is -0.307. The highest BCUT2D eigenvalue weighted by atomic mass is 31.2. The Balaban J connectivity index is 2.25. The Bertz CT molecular complexity index is 690. The van der Waals surface area contributed by atoms with Gasteiger partial charge in [-0.25, -0.2) is 0 Å². The van der Waals surface area contributed by atoms with Crippen LogP contribution in [0.25, 0.3) is 0 Å². The normalized spacial score (nSPS) is 16.7. The van der Waals surface area contributed by atoms with Crippen LogP contribution in [0.4, 0.5) is 0 Å². The third kappa shape index (κ3) is 2.61. The van der Waals surface area contributed by atoms with Crippen molar-refractivity contribution in [2.45, 2.75) is 37.8 Å². The molecule has 24 heavy (non-hydrogen) atoms. The van der Waals surface area contributed by atoms with Crippen molar-refractivity contribution in [1.29, 1.82) is 0 Å². The number of esters is 1. The molecule has 0 unspecified atom stereocenters. The first-order valence-electron chi connectivity index (χ1n) is 8.54. The molecule has 0 heterocycles. The molecule has 0 spiro atoms. The highest BCUT2D eigenvalue weighted by Gasteiger charge is 2.57. The second-order valence-electron chi connectivity index (χ2n) is 6.24. The topological polar surface area (TPSA) is 43.4 Å². The average Bonchev–Trinajstić information content (AvgIpc) is 3.14. The van der Waals surface area contributed by atoms with E-state index in [0.717, 1.165) is 23.5 Å². The van der Waals surface area contributed by atoms with Crippen LogP contribution in [0.3, 0.4) is 0 Å². The molecule has 2 aromatic rings. The fourth-order valence-corrected chi connectivity index (χ4v) is 7.53. The molecule has 0 saturated heterocycles. The third-order valence-corrected chi connectivity index (χ3v) is 8.81. The summed E-state index contributed by atoms with van der Waals surface area (Å²) in [7, 11) is -3.16. The average molecular weight is 342 g/mol. The van der Waals surface area contributed by atoms with E-state index in [1.165, 1.54) is 0 Å². The number of carbonyl (C=O) groups is 1. The fourth-order valence-electron chi connectivity index (χ4n) is 3.79. The Labute approximate surface area is 143 Å². The zero-order valence-electron chi connectivity index (χ0n) is 14.0. The molecule has 0 aliphatic heterocycles. The van der Waals surface area contributed by atoms with E-state index >= 15 is 0 Å². The van der Waals surface area contributed by atoms with Crippen LogP contribution in [0.2, 0.25) is 0 Å². The molecule has 0 atom stereocenters. The molecule has 1 saturated carbocycles. The van der Waals surface area contributed by atoms with Crippen LogP contribution in [0.1, 0.15) is 32.6 Å². The molecule has 126 valence electrons. The predicted molar refractivity (Wildman–Crippen MR) is 97.6 cm³/mol. The molecule has 2 aromatic carbocycles. The van der Waals surface area contributed by atoms with E-state index < -0.39 is 12.3 Å². The summed E-state index contributed by atoms with van der Waals surface area (Å²) in [4.78, 5) is 13.0. The van der Waals surface area contributed by atoms with E-state index in [9.17, 15) is 9.36 Å². The van der Waals surface area contributed by atoms with Gasteiger partial charge in [0.25, 0.3) is 0 Å². The minimum Gasteiger partial charge on any atom is -0.465 e. The van der Waals surface area contributed by atoms with Gasteiger partial charge in [0.1, 0.15) is 5.16 Å². The standard InChI is InChI=1S/C20H23O3P/c1-2-23-19(21)20(15-9-10-16-20)24(22,17-11-5-3-6-12-17)18-13-7-4-8-14-18/h3-8,11-14H,2,9-10,15-16H2,1H3. The van der Waals surface area contributed by atoms with E-state index in [-0.39, 0.29) is 5.97 Å². The Hall–Kier alpha value is -1.86. The van der Waals surface area contributed by atoms with Crippen LogP contribution in [-0.4, -0.2) is 17.7 Å². The van der Waals surface area contributed by atoms with Gasteiger partial charge >= 0.3 is 5.97 Å². The molecule has 0 amide bonds. The van der Waals surface area contributed by atoms with Crippen LogP contribution < -0.4 is 10.6 Å². The van der Waals surface area contributed by atoms with Crippen molar-refractivity contribution in [2.24, 2.45) is 0 Å². The molecule has 0 N–H and O–H groups in total. The van der Waals surface area contributed by atoms with Crippen molar-refractivity contribution in [3.8, 4) is 0 Å². The first-order valence-corrected chi connectivity index (χ1v) is 10.2. The van der Waals surface area contributed by atoms with E-state index in [0.29, 0.717) is 19.4 Å². The van der Waals surface area contributed by atoms with Crippen molar-refractivity contribution in [3.63, 3.8) is 0 Å². The smallest absolute Gasteiger partial charge is 0.320 e. The Morgan fingerprint density at radius 1 is 0.958 bits per heavy atom. The van der Waals surface area contributed by atoms with Crippen molar-refractivity contribution in [3.05, 3.63) is 60.7 Å². The minimum absolute atomic E-state index is 0.307. The zero-order valence-corrected chi connectivity index (χ0v) is 14.9. The van der Waals surface area contributed by atoms with Crippen LogP contribution in [0.15, 0.2) is 60.7 Å². The van der Waals surface area contributed by atoms with Crippen molar-refractivity contribution < 1.29 is 14.1 Å². The van der Waals surface area contributed by atoms with Crippen molar-refractivity contribution in [1.82, 2.24) is 0 Å². The Kier molecular flexibility index (Phi) is 4.91. The van der Waals surface area contributed by atoms with Gasteiger partial charge in [-0.15, -0.1) is 0 Å². The van der Waals surface area contributed by atoms with Gasteiger partial charge in [0.2, 0.25) is 0 Å². The molecule has 1 fully saturated rings. The first-order chi connectivity index (χ1) is 11.6. The van der Waals surface area contributed by atoms with E-state index in [2.05, 4.69) is 0 Å². The summed E-state index contributed by atoms with van der Waals surface area (Å²) >= 11 is 0. The quantitative estimate of drug-likeness (QED) is 0.612. The number of rotatable bonds is 5. The SMILES string of the molecule is CCOC(=O)C1(P(=O)(c2ccccc2)c2ccccc2)CCCC1. The molecule has 4 heteroatoms. The lowest BCUT2D eigenvalue weighted by atomic mass is 10.1. The molecular weight excluding hydrogens is 319 g/mol. The second-order valence-corrected chi connectivity index (χ2v) is 9.35. The number of hydrogen-bond acceptors (Lipinski definition) is 3. The highest BCUT2D eigenvalue weighted by Crippen LogP contribution is 2.63. The summed E-state index contributed by atoms with van der Waals surface area (Å²) < 4.78 is 20.0. The summed E-state index contributed by atoms with van der Waals surface area (Å²) in [6, 6.07) is 18.9. The summed E-state index contributed by atoms with van der Waals surface area (Å²) in [6.45, 7) is 2.11. The largest absolute Gasteiger partial charge is 0.465 e. The molecule has 3 nitrogen and oxygen atoms in total. The molecule has 0 radical (unpaired) electrons. The number of hydrogen-bond donors (Lipinski definition) is 0. The number of ether oxygens (including phenoxy) is 1.